The number of hydrogen-bond acceptors (Lipinski definition) is 2. The van der Waals surface area contributed by atoms with Crippen LogP contribution in [-0.2, 0) is 5.41 Å². The van der Waals surface area contributed by atoms with Crippen LogP contribution in [0.15, 0.2) is 24.3 Å². The Morgan fingerprint density at radius 3 is 2.79 bits per heavy atom. The molecule has 2 atom stereocenters. The molecule has 2 rings (SSSR count). The number of rotatable bonds is 2. The molecule has 1 N–H and O–H groups in total. The lowest BCUT2D eigenvalue weighted by Gasteiger charge is -2.09. The van der Waals surface area contributed by atoms with Crippen LogP contribution in [0.5, 0.6) is 0 Å². The standard InChI is InChI=1S/C11H10ClNO/c12-10-4-2-1-3-9(10)11(7-13)5-8(11)6-14/h1-4,8,14H,5-6H2. The van der Waals surface area contributed by atoms with Gasteiger partial charge in [-0.25, -0.2) is 0 Å². The van der Waals surface area contributed by atoms with Crippen LogP contribution in [0.3, 0.4) is 0 Å². The molecule has 0 aliphatic heterocycles. The first-order valence-corrected chi connectivity index (χ1v) is 4.89. The highest BCUT2D eigenvalue weighted by molar-refractivity contribution is 6.31. The summed E-state index contributed by atoms with van der Waals surface area (Å²) in [6.45, 7) is 0.0543. The molecule has 0 bridgehead atoms. The second kappa shape index (κ2) is 3.27. The summed E-state index contributed by atoms with van der Waals surface area (Å²) in [5.41, 5.74) is 0.316. The summed E-state index contributed by atoms with van der Waals surface area (Å²) < 4.78 is 0. The van der Waals surface area contributed by atoms with Gasteiger partial charge in [0.2, 0.25) is 0 Å². The van der Waals surface area contributed by atoms with Crippen LogP contribution in [0.4, 0.5) is 0 Å². The molecule has 0 saturated heterocycles. The van der Waals surface area contributed by atoms with Crippen molar-refractivity contribution in [2.45, 2.75) is 11.8 Å². The predicted octanol–water partition coefficient (Wildman–Crippen LogP) is 2.11. The van der Waals surface area contributed by atoms with Crippen molar-refractivity contribution in [1.29, 1.82) is 5.26 Å². The molecular formula is C11H10ClNO. The van der Waals surface area contributed by atoms with Crippen molar-refractivity contribution >= 4 is 11.6 Å². The van der Waals surface area contributed by atoms with E-state index in [0.29, 0.717) is 11.4 Å². The van der Waals surface area contributed by atoms with E-state index in [2.05, 4.69) is 6.07 Å². The van der Waals surface area contributed by atoms with E-state index in [9.17, 15) is 0 Å². The molecule has 0 spiro atoms. The number of aliphatic hydroxyl groups excluding tert-OH is 1. The fourth-order valence-electron chi connectivity index (χ4n) is 1.90. The van der Waals surface area contributed by atoms with Crippen LogP contribution in [-0.4, -0.2) is 11.7 Å². The van der Waals surface area contributed by atoms with Crippen LogP contribution in [0.1, 0.15) is 12.0 Å². The topological polar surface area (TPSA) is 44.0 Å². The third-order valence-corrected chi connectivity index (χ3v) is 3.21. The Morgan fingerprint density at radius 2 is 2.29 bits per heavy atom. The highest BCUT2D eigenvalue weighted by atomic mass is 35.5. The Hall–Kier alpha value is -1.04. The molecule has 0 radical (unpaired) electrons. The lowest BCUT2D eigenvalue weighted by molar-refractivity contribution is 0.269. The fraction of sp³-hybridized carbons (Fsp3) is 0.364. The Morgan fingerprint density at radius 1 is 1.57 bits per heavy atom. The Labute approximate surface area is 87.7 Å². The largest absolute Gasteiger partial charge is 0.396 e. The molecular weight excluding hydrogens is 198 g/mol. The van der Waals surface area contributed by atoms with E-state index < -0.39 is 5.41 Å². The molecule has 1 aromatic carbocycles. The average Bonchev–Trinajstić information content (AvgIpc) is 2.93. The molecule has 1 saturated carbocycles. The normalized spacial score (nSPS) is 29.6. The van der Waals surface area contributed by atoms with Crippen molar-refractivity contribution in [2.24, 2.45) is 5.92 Å². The third kappa shape index (κ3) is 1.21. The van der Waals surface area contributed by atoms with Gasteiger partial charge in [0.15, 0.2) is 0 Å². The minimum Gasteiger partial charge on any atom is -0.396 e. The van der Waals surface area contributed by atoms with Gasteiger partial charge >= 0.3 is 0 Å². The molecule has 0 amide bonds. The minimum atomic E-state index is -0.535. The van der Waals surface area contributed by atoms with Gasteiger partial charge in [-0.1, -0.05) is 29.8 Å². The second-order valence-corrected chi connectivity index (χ2v) is 4.05. The van der Waals surface area contributed by atoms with E-state index in [0.717, 1.165) is 5.56 Å². The summed E-state index contributed by atoms with van der Waals surface area (Å²) in [6.07, 6.45) is 0.712. The van der Waals surface area contributed by atoms with Crippen LogP contribution in [0.25, 0.3) is 0 Å². The quantitative estimate of drug-likeness (QED) is 0.808. The van der Waals surface area contributed by atoms with Crippen molar-refractivity contribution in [3.05, 3.63) is 34.9 Å². The van der Waals surface area contributed by atoms with Crippen LogP contribution in [0.2, 0.25) is 5.02 Å². The molecule has 72 valence electrons. The van der Waals surface area contributed by atoms with E-state index in [1.165, 1.54) is 0 Å². The Balaban J connectivity index is 2.41. The zero-order valence-electron chi connectivity index (χ0n) is 7.57. The van der Waals surface area contributed by atoms with Gasteiger partial charge in [0.1, 0.15) is 0 Å². The summed E-state index contributed by atoms with van der Waals surface area (Å²) in [6, 6.07) is 9.62. The van der Waals surface area contributed by atoms with Gasteiger partial charge in [-0.05, 0) is 18.1 Å². The second-order valence-electron chi connectivity index (χ2n) is 3.65. The van der Waals surface area contributed by atoms with Crippen molar-refractivity contribution in [2.75, 3.05) is 6.61 Å². The molecule has 14 heavy (non-hydrogen) atoms. The van der Waals surface area contributed by atoms with Gasteiger partial charge < -0.3 is 5.11 Å². The van der Waals surface area contributed by atoms with Crippen molar-refractivity contribution < 1.29 is 5.11 Å². The van der Waals surface area contributed by atoms with Gasteiger partial charge in [-0.2, -0.15) is 5.26 Å². The maximum absolute atomic E-state index is 9.12. The van der Waals surface area contributed by atoms with Crippen LogP contribution in [0, 0.1) is 17.2 Å². The Bertz CT molecular complexity index is 399. The van der Waals surface area contributed by atoms with E-state index in [-0.39, 0.29) is 12.5 Å². The summed E-state index contributed by atoms with van der Waals surface area (Å²) in [5.74, 6) is 0.0485. The van der Waals surface area contributed by atoms with E-state index in [1.54, 1.807) is 6.07 Å². The molecule has 1 aromatic rings. The Kier molecular flexibility index (Phi) is 2.22. The number of nitriles is 1. The molecule has 1 fully saturated rings. The molecule has 0 aromatic heterocycles. The SMILES string of the molecule is N#CC1(c2ccccc2Cl)CC1CO. The average molecular weight is 208 g/mol. The van der Waals surface area contributed by atoms with Crippen molar-refractivity contribution in [3.8, 4) is 6.07 Å². The number of aliphatic hydroxyl groups is 1. The molecule has 1 aliphatic rings. The highest BCUT2D eigenvalue weighted by Gasteiger charge is 2.56. The number of nitrogens with zero attached hydrogens (tertiary/aromatic N) is 1. The zero-order valence-corrected chi connectivity index (χ0v) is 8.33. The lowest BCUT2D eigenvalue weighted by atomic mass is 9.95. The van der Waals surface area contributed by atoms with Crippen molar-refractivity contribution in [1.82, 2.24) is 0 Å². The molecule has 2 unspecified atom stereocenters. The van der Waals surface area contributed by atoms with E-state index >= 15 is 0 Å². The van der Waals surface area contributed by atoms with Gasteiger partial charge in [0.25, 0.3) is 0 Å². The van der Waals surface area contributed by atoms with Crippen LogP contribution >= 0.6 is 11.6 Å². The smallest absolute Gasteiger partial charge is 0.0891 e. The maximum atomic E-state index is 9.12. The molecule has 3 heteroatoms. The number of halogens is 1. The fourth-order valence-corrected chi connectivity index (χ4v) is 2.20. The molecule has 1 aliphatic carbocycles. The van der Waals surface area contributed by atoms with Gasteiger partial charge in [-0.15, -0.1) is 0 Å². The summed E-state index contributed by atoms with van der Waals surface area (Å²) in [7, 11) is 0. The summed E-state index contributed by atoms with van der Waals surface area (Å²) in [4.78, 5) is 0. The van der Waals surface area contributed by atoms with Gasteiger partial charge in [-0.3, -0.25) is 0 Å². The predicted molar refractivity (Wildman–Crippen MR) is 53.9 cm³/mol. The lowest BCUT2D eigenvalue weighted by Crippen LogP contribution is -2.09. The van der Waals surface area contributed by atoms with E-state index in [1.807, 2.05) is 18.2 Å². The van der Waals surface area contributed by atoms with E-state index in [4.69, 9.17) is 22.0 Å². The highest BCUT2D eigenvalue weighted by Crippen LogP contribution is 2.55. The molecule has 2 nitrogen and oxygen atoms in total. The van der Waals surface area contributed by atoms with Crippen LogP contribution < -0.4 is 0 Å². The first kappa shape index (κ1) is 9.51. The van der Waals surface area contributed by atoms with Crippen molar-refractivity contribution in [3.63, 3.8) is 0 Å². The summed E-state index contributed by atoms with van der Waals surface area (Å²) >= 11 is 6.02. The first-order valence-electron chi connectivity index (χ1n) is 4.51. The van der Waals surface area contributed by atoms with Gasteiger partial charge in [0, 0.05) is 17.5 Å². The third-order valence-electron chi connectivity index (χ3n) is 2.88. The zero-order chi connectivity index (χ0) is 10.2. The molecule has 0 heterocycles. The maximum Gasteiger partial charge on any atom is 0.0891 e. The number of benzene rings is 1. The number of hydrogen-bond donors (Lipinski definition) is 1. The minimum absolute atomic E-state index is 0.0485. The summed E-state index contributed by atoms with van der Waals surface area (Å²) in [5, 5.41) is 18.8. The monoisotopic (exact) mass is 207 g/mol. The first-order chi connectivity index (χ1) is 6.74. The van der Waals surface area contributed by atoms with Gasteiger partial charge in [0.05, 0.1) is 11.5 Å².